The molecule has 27 heavy (non-hydrogen) atoms. The van der Waals surface area contributed by atoms with Crippen LogP contribution in [0.5, 0.6) is 0 Å². The van der Waals surface area contributed by atoms with Crippen LogP contribution in [0.1, 0.15) is 18.5 Å². The molecule has 134 valence electrons. The topological polar surface area (TPSA) is 53.2 Å². The summed E-state index contributed by atoms with van der Waals surface area (Å²) in [7, 11) is 0. The summed E-state index contributed by atoms with van der Waals surface area (Å²) in [6.45, 7) is 1.88. The van der Waals surface area contributed by atoms with Crippen molar-refractivity contribution in [1.29, 1.82) is 0 Å². The standard InChI is InChI=1S/C22H19N3OS/c1-14-19(21(26)24-16-10-3-2-4-11-16)20(25-22(27)23-14)18-13-7-9-15-8-5-6-12-17(15)18/h2-13,20H,1H3,(H,24,26)(H2,23,25,27). The maximum atomic E-state index is 13.1. The smallest absolute Gasteiger partial charge is 0.255 e. The Morgan fingerprint density at radius 2 is 1.67 bits per heavy atom. The Kier molecular flexibility index (Phi) is 4.60. The van der Waals surface area contributed by atoms with Crippen LogP contribution in [0, 0.1) is 0 Å². The zero-order chi connectivity index (χ0) is 18.8. The summed E-state index contributed by atoms with van der Waals surface area (Å²) < 4.78 is 0. The van der Waals surface area contributed by atoms with Crippen LogP contribution in [-0.2, 0) is 4.79 Å². The molecule has 0 radical (unpaired) electrons. The lowest BCUT2D eigenvalue weighted by atomic mass is 9.91. The molecule has 1 aliphatic rings. The maximum Gasteiger partial charge on any atom is 0.255 e. The van der Waals surface area contributed by atoms with E-state index in [0.717, 1.165) is 27.7 Å². The Morgan fingerprint density at radius 1 is 0.963 bits per heavy atom. The van der Waals surface area contributed by atoms with Gasteiger partial charge < -0.3 is 16.0 Å². The fourth-order valence-electron chi connectivity index (χ4n) is 3.45. The van der Waals surface area contributed by atoms with Gasteiger partial charge in [-0.25, -0.2) is 0 Å². The van der Waals surface area contributed by atoms with E-state index in [1.165, 1.54) is 0 Å². The molecule has 4 rings (SSSR count). The minimum absolute atomic E-state index is 0.154. The Balaban J connectivity index is 1.78. The fraction of sp³-hybridized carbons (Fsp3) is 0.0909. The molecule has 3 aromatic rings. The Hall–Kier alpha value is -3.18. The van der Waals surface area contributed by atoms with Crippen molar-refractivity contribution in [3.63, 3.8) is 0 Å². The van der Waals surface area contributed by atoms with E-state index in [9.17, 15) is 4.79 Å². The second-order valence-corrected chi connectivity index (χ2v) is 6.87. The molecule has 3 aromatic carbocycles. The average Bonchev–Trinajstić information content (AvgIpc) is 2.67. The molecule has 3 N–H and O–H groups in total. The van der Waals surface area contributed by atoms with Gasteiger partial charge in [-0.15, -0.1) is 0 Å². The Bertz CT molecular complexity index is 1050. The van der Waals surface area contributed by atoms with Gasteiger partial charge in [0.05, 0.1) is 11.6 Å². The van der Waals surface area contributed by atoms with Gasteiger partial charge in [-0.1, -0.05) is 60.7 Å². The van der Waals surface area contributed by atoms with E-state index < -0.39 is 0 Å². The van der Waals surface area contributed by atoms with Gasteiger partial charge in [-0.05, 0) is 47.6 Å². The second-order valence-electron chi connectivity index (χ2n) is 6.46. The molecule has 0 saturated heterocycles. The zero-order valence-electron chi connectivity index (χ0n) is 14.8. The van der Waals surface area contributed by atoms with Crippen LogP contribution in [0.25, 0.3) is 10.8 Å². The summed E-state index contributed by atoms with van der Waals surface area (Å²) in [5, 5.41) is 12.1. The summed E-state index contributed by atoms with van der Waals surface area (Å²) in [5.74, 6) is -0.154. The number of amides is 1. The fourth-order valence-corrected chi connectivity index (χ4v) is 3.72. The van der Waals surface area contributed by atoms with Crippen LogP contribution in [-0.4, -0.2) is 11.0 Å². The van der Waals surface area contributed by atoms with E-state index in [0.29, 0.717) is 10.7 Å². The third-order valence-corrected chi connectivity index (χ3v) is 4.90. The van der Waals surface area contributed by atoms with E-state index in [4.69, 9.17) is 12.2 Å². The van der Waals surface area contributed by atoms with Crippen LogP contribution >= 0.6 is 12.2 Å². The monoisotopic (exact) mass is 373 g/mol. The van der Waals surface area contributed by atoms with Crippen molar-refractivity contribution in [2.45, 2.75) is 13.0 Å². The minimum atomic E-state index is -0.325. The number of carbonyl (C=O) groups excluding carboxylic acids is 1. The van der Waals surface area contributed by atoms with E-state index in [1.54, 1.807) is 0 Å². The quantitative estimate of drug-likeness (QED) is 0.600. The average molecular weight is 373 g/mol. The number of anilines is 1. The molecule has 1 atom stereocenters. The van der Waals surface area contributed by atoms with Crippen molar-refractivity contribution in [3.05, 3.63) is 89.6 Å². The lowest BCUT2D eigenvalue weighted by Crippen LogP contribution is -2.45. The van der Waals surface area contributed by atoms with Crippen LogP contribution in [0.4, 0.5) is 5.69 Å². The summed E-state index contributed by atoms with van der Waals surface area (Å²) in [4.78, 5) is 13.1. The van der Waals surface area contributed by atoms with E-state index in [2.05, 4.69) is 34.1 Å². The summed E-state index contributed by atoms with van der Waals surface area (Å²) in [6.07, 6.45) is 0. The van der Waals surface area contributed by atoms with Crippen molar-refractivity contribution in [1.82, 2.24) is 10.6 Å². The van der Waals surface area contributed by atoms with E-state index >= 15 is 0 Å². The molecule has 0 saturated carbocycles. The maximum absolute atomic E-state index is 13.1. The number of rotatable bonds is 3. The first-order valence-electron chi connectivity index (χ1n) is 8.76. The number of hydrogen-bond donors (Lipinski definition) is 3. The van der Waals surface area contributed by atoms with Gasteiger partial charge in [0.2, 0.25) is 0 Å². The third-order valence-electron chi connectivity index (χ3n) is 4.68. The molecule has 0 spiro atoms. The molecule has 0 aromatic heterocycles. The van der Waals surface area contributed by atoms with E-state index in [1.807, 2.05) is 61.5 Å². The number of allylic oxidation sites excluding steroid dienone is 1. The Labute approximate surface area is 163 Å². The molecule has 1 unspecified atom stereocenters. The van der Waals surface area contributed by atoms with Gasteiger partial charge in [-0.2, -0.15) is 0 Å². The SMILES string of the molecule is CC1=C(C(=O)Nc2ccccc2)C(c2cccc3ccccc23)NC(=S)N1. The molecule has 1 amide bonds. The van der Waals surface area contributed by atoms with Gasteiger partial charge in [0.15, 0.2) is 5.11 Å². The number of thiocarbonyl (C=S) groups is 1. The third kappa shape index (κ3) is 3.41. The summed E-state index contributed by atoms with van der Waals surface area (Å²) in [6, 6.07) is 23.4. The first kappa shape index (κ1) is 17.2. The number of para-hydroxylation sites is 1. The molecule has 1 heterocycles. The van der Waals surface area contributed by atoms with Crippen molar-refractivity contribution >= 4 is 39.7 Å². The molecule has 0 aliphatic carbocycles. The minimum Gasteiger partial charge on any atom is -0.351 e. The first-order valence-corrected chi connectivity index (χ1v) is 9.16. The highest BCUT2D eigenvalue weighted by atomic mass is 32.1. The molecule has 0 fully saturated rings. The van der Waals surface area contributed by atoms with Crippen molar-refractivity contribution in [3.8, 4) is 0 Å². The molecule has 5 heteroatoms. The second kappa shape index (κ2) is 7.21. The highest BCUT2D eigenvalue weighted by Crippen LogP contribution is 2.32. The molecule has 4 nitrogen and oxygen atoms in total. The number of hydrogen-bond acceptors (Lipinski definition) is 2. The molecule has 1 aliphatic heterocycles. The van der Waals surface area contributed by atoms with Crippen molar-refractivity contribution in [2.24, 2.45) is 0 Å². The van der Waals surface area contributed by atoms with Gasteiger partial charge in [0.1, 0.15) is 0 Å². The van der Waals surface area contributed by atoms with Gasteiger partial charge >= 0.3 is 0 Å². The lowest BCUT2D eigenvalue weighted by molar-refractivity contribution is -0.113. The van der Waals surface area contributed by atoms with Crippen LogP contribution in [0.2, 0.25) is 0 Å². The first-order chi connectivity index (χ1) is 13.1. The van der Waals surface area contributed by atoms with Gasteiger partial charge in [0.25, 0.3) is 5.91 Å². The number of nitrogens with one attached hydrogen (secondary N) is 3. The van der Waals surface area contributed by atoms with Crippen LogP contribution < -0.4 is 16.0 Å². The van der Waals surface area contributed by atoms with Crippen molar-refractivity contribution < 1.29 is 4.79 Å². The molecule has 0 bridgehead atoms. The normalized spacial score (nSPS) is 16.6. The number of carbonyl (C=O) groups is 1. The van der Waals surface area contributed by atoms with E-state index in [-0.39, 0.29) is 11.9 Å². The highest BCUT2D eigenvalue weighted by molar-refractivity contribution is 7.80. The van der Waals surface area contributed by atoms with Crippen LogP contribution in [0.3, 0.4) is 0 Å². The highest BCUT2D eigenvalue weighted by Gasteiger charge is 2.30. The summed E-state index contributed by atoms with van der Waals surface area (Å²) in [5.41, 5.74) is 3.16. The number of fused-ring (bicyclic) bond motifs is 1. The lowest BCUT2D eigenvalue weighted by Gasteiger charge is -2.31. The zero-order valence-corrected chi connectivity index (χ0v) is 15.6. The Morgan fingerprint density at radius 3 is 2.48 bits per heavy atom. The largest absolute Gasteiger partial charge is 0.351 e. The number of benzene rings is 3. The van der Waals surface area contributed by atoms with Crippen LogP contribution in [0.15, 0.2) is 84.1 Å². The molecular weight excluding hydrogens is 354 g/mol. The summed E-state index contributed by atoms with van der Waals surface area (Å²) >= 11 is 5.36. The van der Waals surface area contributed by atoms with Crippen molar-refractivity contribution in [2.75, 3.05) is 5.32 Å². The predicted molar refractivity (Wildman–Crippen MR) is 113 cm³/mol. The van der Waals surface area contributed by atoms with Gasteiger partial charge in [-0.3, -0.25) is 4.79 Å². The van der Waals surface area contributed by atoms with Gasteiger partial charge in [0, 0.05) is 11.4 Å². The predicted octanol–water partition coefficient (Wildman–Crippen LogP) is 4.27. The molecular formula is C22H19N3OS.